The maximum absolute atomic E-state index is 12.0. The highest BCUT2D eigenvalue weighted by Crippen LogP contribution is 2.14. The number of rotatable bonds is 5. The normalized spacial score (nSPS) is 9.95. The largest absolute Gasteiger partial charge is 0.546 e. The molecule has 0 spiro atoms. The molecule has 5 heteroatoms. The van der Waals surface area contributed by atoms with Crippen LogP contribution in [0.3, 0.4) is 0 Å². The fourth-order valence-electron chi connectivity index (χ4n) is 1.68. The standard InChI is InChI=1S/C16H15NO4/c1-11-2-6-13(7-3-11)17-16(20)12-4-8-14(9-5-12)21-10-15(18)19/h2-9H,10H2,1H3,(H,17,20)(H,18,19)/p-1. The monoisotopic (exact) mass is 284 g/mol. The summed E-state index contributed by atoms with van der Waals surface area (Å²) in [5.41, 5.74) is 2.28. The summed E-state index contributed by atoms with van der Waals surface area (Å²) in [6, 6.07) is 13.7. The molecule has 1 amide bonds. The number of nitrogens with one attached hydrogen (secondary N) is 1. The molecular formula is C16H14NO4-. The summed E-state index contributed by atoms with van der Waals surface area (Å²) in [7, 11) is 0. The molecule has 0 saturated carbocycles. The van der Waals surface area contributed by atoms with Crippen LogP contribution in [0.15, 0.2) is 48.5 Å². The van der Waals surface area contributed by atoms with E-state index in [2.05, 4.69) is 5.32 Å². The predicted octanol–water partition coefficient (Wildman–Crippen LogP) is 1.38. The number of aryl methyl sites for hydroxylation is 1. The van der Waals surface area contributed by atoms with Crippen LogP contribution in [0.5, 0.6) is 5.75 Å². The molecule has 2 aromatic carbocycles. The first-order valence-electron chi connectivity index (χ1n) is 6.35. The van der Waals surface area contributed by atoms with Crippen LogP contribution < -0.4 is 15.2 Å². The second kappa shape index (κ2) is 6.56. The van der Waals surface area contributed by atoms with E-state index in [0.29, 0.717) is 17.0 Å². The Balaban J connectivity index is 1.99. The number of anilines is 1. The number of carboxylic acid groups (broad SMARTS) is 1. The maximum atomic E-state index is 12.0. The fourth-order valence-corrected chi connectivity index (χ4v) is 1.68. The van der Waals surface area contributed by atoms with Crippen molar-refractivity contribution in [2.24, 2.45) is 0 Å². The Bertz CT molecular complexity index is 632. The van der Waals surface area contributed by atoms with E-state index in [0.717, 1.165) is 5.56 Å². The molecule has 0 atom stereocenters. The van der Waals surface area contributed by atoms with Gasteiger partial charge in [0.2, 0.25) is 0 Å². The summed E-state index contributed by atoms with van der Waals surface area (Å²) in [4.78, 5) is 22.3. The summed E-state index contributed by atoms with van der Waals surface area (Å²) in [5.74, 6) is -1.17. The quantitative estimate of drug-likeness (QED) is 0.899. The number of ether oxygens (including phenoxy) is 1. The smallest absolute Gasteiger partial charge is 0.255 e. The van der Waals surface area contributed by atoms with Crippen molar-refractivity contribution in [1.29, 1.82) is 0 Å². The molecule has 0 radical (unpaired) electrons. The summed E-state index contributed by atoms with van der Waals surface area (Å²) in [6.45, 7) is 1.45. The van der Waals surface area contributed by atoms with Crippen molar-refractivity contribution in [2.45, 2.75) is 6.92 Å². The third-order valence-corrected chi connectivity index (χ3v) is 2.78. The minimum atomic E-state index is -1.30. The second-order valence-electron chi connectivity index (χ2n) is 4.51. The van der Waals surface area contributed by atoms with E-state index < -0.39 is 12.6 Å². The van der Waals surface area contributed by atoms with Gasteiger partial charge in [0.15, 0.2) is 0 Å². The molecule has 0 saturated heterocycles. The molecule has 0 bridgehead atoms. The van der Waals surface area contributed by atoms with E-state index in [-0.39, 0.29) is 5.91 Å². The van der Waals surface area contributed by atoms with Gasteiger partial charge in [-0.2, -0.15) is 0 Å². The van der Waals surface area contributed by atoms with Crippen molar-refractivity contribution in [1.82, 2.24) is 0 Å². The SMILES string of the molecule is Cc1ccc(NC(=O)c2ccc(OCC(=O)[O-])cc2)cc1. The molecule has 5 nitrogen and oxygen atoms in total. The van der Waals surface area contributed by atoms with E-state index in [4.69, 9.17) is 4.74 Å². The predicted molar refractivity (Wildman–Crippen MR) is 76.1 cm³/mol. The molecule has 1 N–H and O–H groups in total. The average molecular weight is 284 g/mol. The van der Waals surface area contributed by atoms with Crippen molar-refractivity contribution in [2.75, 3.05) is 11.9 Å². The minimum Gasteiger partial charge on any atom is -0.546 e. The first-order chi connectivity index (χ1) is 10.0. The van der Waals surface area contributed by atoms with Crippen molar-refractivity contribution in [3.63, 3.8) is 0 Å². The van der Waals surface area contributed by atoms with Crippen LogP contribution >= 0.6 is 0 Å². The van der Waals surface area contributed by atoms with E-state index >= 15 is 0 Å². The molecule has 0 unspecified atom stereocenters. The molecule has 0 aliphatic heterocycles. The zero-order chi connectivity index (χ0) is 15.2. The molecule has 0 aliphatic carbocycles. The van der Waals surface area contributed by atoms with Gasteiger partial charge in [0.25, 0.3) is 5.91 Å². The van der Waals surface area contributed by atoms with Gasteiger partial charge >= 0.3 is 0 Å². The number of hydrogen-bond donors (Lipinski definition) is 1. The zero-order valence-corrected chi connectivity index (χ0v) is 11.5. The van der Waals surface area contributed by atoms with Crippen LogP contribution in [-0.4, -0.2) is 18.5 Å². The van der Waals surface area contributed by atoms with Crippen LogP contribution in [0.2, 0.25) is 0 Å². The number of hydrogen-bond acceptors (Lipinski definition) is 4. The molecular weight excluding hydrogens is 270 g/mol. The van der Waals surface area contributed by atoms with Gasteiger partial charge in [0.05, 0.1) is 5.97 Å². The van der Waals surface area contributed by atoms with Gasteiger partial charge in [-0.1, -0.05) is 17.7 Å². The van der Waals surface area contributed by atoms with E-state index in [1.165, 1.54) is 12.1 Å². The number of carbonyl (C=O) groups is 2. The second-order valence-corrected chi connectivity index (χ2v) is 4.51. The van der Waals surface area contributed by atoms with Gasteiger partial charge in [0, 0.05) is 11.3 Å². The lowest BCUT2D eigenvalue weighted by Crippen LogP contribution is -2.28. The highest BCUT2D eigenvalue weighted by atomic mass is 16.5. The van der Waals surface area contributed by atoms with Gasteiger partial charge in [-0.15, -0.1) is 0 Å². The average Bonchev–Trinajstić information content (AvgIpc) is 2.48. The zero-order valence-electron chi connectivity index (χ0n) is 11.5. The maximum Gasteiger partial charge on any atom is 0.255 e. The van der Waals surface area contributed by atoms with E-state index in [1.54, 1.807) is 12.1 Å². The van der Waals surface area contributed by atoms with Crippen LogP contribution in [0.1, 0.15) is 15.9 Å². The van der Waals surface area contributed by atoms with E-state index in [1.807, 2.05) is 31.2 Å². The van der Waals surface area contributed by atoms with Crippen LogP contribution in [0.4, 0.5) is 5.69 Å². The third kappa shape index (κ3) is 4.35. The first-order valence-corrected chi connectivity index (χ1v) is 6.35. The molecule has 0 fully saturated rings. The lowest BCUT2D eigenvalue weighted by Gasteiger charge is -2.08. The molecule has 0 aliphatic rings. The molecule has 2 rings (SSSR count). The van der Waals surface area contributed by atoms with Gasteiger partial charge in [-0.3, -0.25) is 4.79 Å². The highest BCUT2D eigenvalue weighted by Gasteiger charge is 2.06. The third-order valence-electron chi connectivity index (χ3n) is 2.78. The topological polar surface area (TPSA) is 78.5 Å². The number of benzene rings is 2. The Hall–Kier alpha value is -2.82. The van der Waals surface area contributed by atoms with E-state index in [9.17, 15) is 14.7 Å². The van der Waals surface area contributed by atoms with Crippen LogP contribution in [0, 0.1) is 6.92 Å². The fraction of sp³-hybridized carbons (Fsp3) is 0.125. The number of carbonyl (C=O) groups excluding carboxylic acids is 2. The lowest BCUT2D eigenvalue weighted by molar-refractivity contribution is -0.307. The molecule has 2 aromatic rings. The number of carboxylic acids is 1. The molecule has 21 heavy (non-hydrogen) atoms. The molecule has 0 heterocycles. The Kier molecular flexibility index (Phi) is 4.56. The summed E-state index contributed by atoms with van der Waals surface area (Å²) >= 11 is 0. The van der Waals surface area contributed by atoms with Crippen molar-refractivity contribution >= 4 is 17.6 Å². The van der Waals surface area contributed by atoms with Gasteiger partial charge in [-0.05, 0) is 43.3 Å². The van der Waals surface area contributed by atoms with Crippen LogP contribution in [0.25, 0.3) is 0 Å². The summed E-state index contributed by atoms with van der Waals surface area (Å²) in [5, 5.41) is 13.0. The lowest BCUT2D eigenvalue weighted by atomic mass is 10.2. The number of amides is 1. The Morgan fingerprint density at radius 1 is 1.05 bits per heavy atom. The summed E-state index contributed by atoms with van der Waals surface area (Å²) < 4.78 is 4.94. The van der Waals surface area contributed by atoms with Crippen molar-refractivity contribution in [3.8, 4) is 5.75 Å². The summed E-state index contributed by atoms with van der Waals surface area (Å²) in [6.07, 6.45) is 0. The van der Waals surface area contributed by atoms with Gasteiger partial charge in [-0.25, -0.2) is 0 Å². The first kappa shape index (κ1) is 14.6. The van der Waals surface area contributed by atoms with Crippen molar-refractivity contribution < 1.29 is 19.4 Å². The van der Waals surface area contributed by atoms with Gasteiger partial charge < -0.3 is 20.0 Å². The Morgan fingerprint density at radius 2 is 1.67 bits per heavy atom. The molecule has 0 aromatic heterocycles. The van der Waals surface area contributed by atoms with Crippen LogP contribution in [-0.2, 0) is 4.79 Å². The minimum absolute atomic E-state index is 0.245. The number of aliphatic carboxylic acids is 1. The highest BCUT2D eigenvalue weighted by molar-refractivity contribution is 6.04. The van der Waals surface area contributed by atoms with Gasteiger partial charge in [0.1, 0.15) is 12.4 Å². The van der Waals surface area contributed by atoms with Crippen molar-refractivity contribution in [3.05, 3.63) is 59.7 Å². The Labute approximate surface area is 122 Å². The Morgan fingerprint density at radius 3 is 2.24 bits per heavy atom. The molecule has 108 valence electrons.